The maximum absolute atomic E-state index is 12.1. The molecule has 0 aliphatic heterocycles. The van der Waals surface area contributed by atoms with Gasteiger partial charge in [0.05, 0.1) is 5.75 Å². The number of rotatable bonds is 8. The summed E-state index contributed by atoms with van der Waals surface area (Å²) in [6, 6.07) is 7.71. The maximum Gasteiger partial charge on any atom is 0.230 e. The van der Waals surface area contributed by atoms with Gasteiger partial charge < -0.3 is 5.32 Å². The van der Waals surface area contributed by atoms with Gasteiger partial charge in [-0.25, -0.2) is 0 Å². The molecule has 1 aliphatic rings. The van der Waals surface area contributed by atoms with E-state index in [-0.39, 0.29) is 11.9 Å². The minimum absolute atomic E-state index is 0.0330. The Morgan fingerprint density at radius 1 is 1.44 bits per heavy atom. The molecule has 1 aliphatic carbocycles. The van der Waals surface area contributed by atoms with Crippen LogP contribution in [-0.2, 0) is 11.3 Å². The SMILES string of the molecule is C=CCn1c(SCC(=O)N[C@@H](C)C2CC2)nnc1-c1ccc(Cl)cc1. The van der Waals surface area contributed by atoms with Crippen molar-refractivity contribution in [3.8, 4) is 11.4 Å². The molecule has 0 saturated heterocycles. The summed E-state index contributed by atoms with van der Waals surface area (Å²) in [7, 11) is 0. The average Bonchev–Trinajstić information content (AvgIpc) is 3.37. The number of nitrogens with zero attached hydrogens (tertiary/aromatic N) is 3. The third kappa shape index (κ3) is 4.64. The maximum atomic E-state index is 12.1. The zero-order valence-electron chi connectivity index (χ0n) is 14.1. The van der Waals surface area contributed by atoms with E-state index in [1.54, 1.807) is 6.08 Å². The molecule has 1 aromatic heterocycles. The Morgan fingerprint density at radius 3 is 2.80 bits per heavy atom. The first-order chi connectivity index (χ1) is 12.1. The topological polar surface area (TPSA) is 59.8 Å². The predicted molar refractivity (Wildman–Crippen MR) is 102 cm³/mol. The van der Waals surface area contributed by atoms with E-state index < -0.39 is 0 Å². The molecule has 0 bridgehead atoms. The summed E-state index contributed by atoms with van der Waals surface area (Å²) in [6.45, 7) is 6.45. The minimum Gasteiger partial charge on any atom is -0.353 e. The van der Waals surface area contributed by atoms with Crippen LogP contribution in [-0.4, -0.2) is 32.5 Å². The highest BCUT2D eigenvalue weighted by atomic mass is 35.5. The van der Waals surface area contributed by atoms with Gasteiger partial charge in [-0.2, -0.15) is 0 Å². The summed E-state index contributed by atoms with van der Waals surface area (Å²) in [4.78, 5) is 12.1. The molecule has 0 spiro atoms. The third-order valence-corrected chi connectivity index (χ3v) is 5.40. The lowest BCUT2D eigenvalue weighted by Gasteiger charge is -2.12. The summed E-state index contributed by atoms with van der Waals surface area (Å²) >= 11 is 7.34. The van der Waals surface area contributed by atoms with Gasteiger partial charge in [-0.15, -0.1) is 16.8 Å². The van der Waals surface area contributed by atoms with Crippen LogP contribution in [0.1, 0.15) is 19.8 Å². The van der Waals surface area contributed by atoms with Crippen LogP contribution >= 0.6 is 23.4 Å². The Hall–Kier alpha value is -1.79. The first-order valence-electron chi connectivity index (χ1n) is 8.30. The number of nitrogens with one attached hydrogen (secondary N) is 1. The van der Waals surface area contributed by atoms with E-state index in [9.17, 15) is 4.79 Å². The highest BCUT2D eigenvalue weighted by Gasteiger charge is 2.28. The molecule has 3 rings (SSSR count). The summed E-state index contributed by atoms with van der Waals surface area (Å²) in [5.41, 5.74) is 0.928. The van der Waals surface area contributed by atoms with Gasteiger partial charge in [0.15, 0.2) is 11.0 Å². The van der Waals surface area contributed by atoms with Gasteiger partial charge in [0, 0.05) is 23.2 Å². The number of carbonyl (C=O) groups excluding carboxylic acids is 1. The van der Waals surface area contributed by atoms with E-state index in [1.165, 1.54) is 24.6 Å². The standard InChI is InChI=1S/C18H21ClN4OS/c1-3-10-23-17(14-6-8-15(19)9-7-14)21-22-18(23)25-11-16(24)20-12(2)13-4-5-13/h3,6-9,12-13H,1,4-5,10-11H2,2H3,(H,20,24)/t12-/m0/s1. The Bertz CT molecular complexity index is 755. The number of aromatic nitrogens is 3. The van der Waals surface area contributed by atoms with Crippen LogP contribution in [0.2, 0.25) is 5.02 Å². The second-order valence-corrected chi connectivity index (χ2v) is 7.57. The summed E-state index contributed by atoms with van der Waals surface area (Å²) in [5.74, 6) is 1.75. The van der Waals surface area contributed by atoms with Crippen LogP contribution < -0.4 is 5.32 Å². The van der Waals surface area contributed by atoms with Crippen molar-refractivity contribution in [1.29, 1.82) is 0 Å². The number of hydrogen-bond donors (Lipinski definition) is 1. The van der Waals surface area contributed by atoms with Crippen LogP contribution in [0.25, 0.3) is 11.4 Å². The van der Waals surface area contributed by atoms with Gasteiger partial charge >= 0.3 is 0 Å². The van der Waals surface area contributed by atoms with Crippen molar-refractivity contribution in [2.45, 2.75) is 37.5 Å². The van der Waals surface area contributed by atoms with E-state index in [2.05, 4.69) is 29.0 Å². The van der Waals surface area contributed by atoms with Crippen molar-refractivity contribution < 1.29 is 4.79 Å². The second kappa shape index (κ2) is 8.06. The zero-order valence-corrected chi connectivity index (χ0v) is 15.7. The smallest absolute Gasteiger partial charge is 0.230 e. The monoisotopic (exact) mass is 376 g/mol. The van der Waals surface area contributed by atoms with Crippen molar-refractivity contribution in [1.82, 2.24) is 20.1 Å². The lowest BCUT2D eigenvalue weighted by molar-refractivity contribution is -0.119. The van der Waals surface area contributed by atoms with E-state index >= 15 is 0 Å². The lowest BCUT2D eigenvalue weighted by atomic mass is 10.2. The average molecular weight is 377 g/mol. The Morgan fingerprint density at radius 2 is 2.16 bits per heavy atom. The summed E-state index contributed by atoms with van der Waals surface area (Å²) < 4.78 is 1.96. The van der Waals surface area contributed by atoms with Crippen molar-refractivity contribution in [2.75, 3.05) is 5.75 Å². The van der Waals surface area contributed by atoms with Crippen molar-refractivity contribution in [2.24, 2.45) is 5.92 Å². The first-order valence-corrected chi connectivity index (χ1v) is 9.67. The van der Waals surface area contributed by atoms with Gasteiger partial charge in [0.25, 0.3) is 0 Å². The van der Waals surface area contributed by atoms with Crippen LogP contribution in [0.3, 0.4) is 0 Å². The molecule has 2 aromatic rings. The molecule has 0 radical (unpaired) electrons. The molecule has 0 unspecified atom stereocenters. The molecular weight excluding hydrogens is 356 g/mol. The number of halogens is 1. The number of carbonyl (C=O) groups is 1. The molecule has 1 atom stereocenters. The zero-order chi connectivity index (χ0) is 17.8. The number of allylic oxidation sites excluding steroid dienone is 1. The Labute approximate surface area is 156 Å². The number of benzene rings is 1. The van der Waals surface area contributed by atoms with Crippen molar-refractivity contribution >= 4 is 29.3 Å². The molecule has 1 fully saturated rings. The molecule has 1 heterocycles. The van der Waals surface area contributed by atoms with E-state index in [4.69, 9.17) is 11.6 Å². The predicted octanol–water partition coefficient (Wildman–Crippen LogP) is 3.79. The van der Waals surface area contributed by atoms with Crippen LogP contribution in [0.4, 0.5) is 0 Å². The fraction of sp³-hybridized carbons (Fsp3) is 0.389. The molecule has 1 aromatic carbocycles. The third-order valence-electron chi connectivity index (χ3n) is 4.18. The molecule has 1 saturated carbocycles. The highest BCUT2D eigenvalue weighted by Crippen LogP contribution is 2.32. The first kappa shape index (κ1) is 18.0. The van der Waals surface area contributed by atoms with Gasteiger partial charge in [0.1, 0.15) is 0 Å². The van der Waals surface area contributed by atoms with E-state index in [1.807, 2.05) is 28.8 Å². The number of hydrogen-bond acceptors (Lipinski definition) is 4. The molecule has 7 heteroatoms. The van der Waals surface area contributed by atoms with Crippen LogP contribution in [0.15, 0.2) is 42.1 Å². The quantitative estimate of drug-likeness (QED) is 0.562. The largest absolute Gasteiger partial charge is 0.353 e. The number of thioether (sulfide) groups is 1. The molecule has 1 amide bonds. The van der Waals surface area contributed by atoms with Gasteiger partial charge in [-0.3, -0.25) is 9.36 Å². The van der Waals surface area contributed by atoms with Crippen molar-refractivity contribution in [3.05, 3.63) is 41.9 Å². The molecular formula is C18H21ClN4OS. The van der Waals surface area contributed by atoms with E-state index in [0.29, 0.717) is 28.4 Å². The van der Waals surface area contributed by atoms with E-state index in [0.717, 1.165) is 11.4 Å². The fourth-order valence-electron chi connectivity index (χ4n) is 2.64. The Kier molecular flexibility index (Phi) is 5.81. The highest BCUT2D eigenvalue weighted by molar-refractivity contribution is 7.99. The van der Waals surface area contributed by atoms with Crippen LogP contribution in [0, 0.1) is 5.92 Å². The van der Waals surface area contributed by atoms with Gasteiger partial charge in [-0.1, -0.05) is 29.4 Å². The molecule has 132 valence electrons. The minimum atomic E-state index is 0.0330. The molecule has 1 N–H and O–H groups in total. The molecule has 5 nitrogen and oxygen atoms in total. The normalized spacial score (nSPS) is 15.0. The number of amides is 1. The summed E-state index contributed by atoms with van der Waals surface area (Å²) in [5, 5.41) is 13.0. The fourth-order valence-corrected chi connectivity index (χ4v) is 3.53. The Balaban J connectivity index is 1.69. The molecule has 25 heavy (non-hydrogen) atoms. The lowest BCUT2D eigenvalue weighted by Crippen LogP contribution is -2.35. The van der Waals surface area contributed by atoms with Gasteiger partial charge in [0.2, 0.25) is 5.91 Å². The van der Waals surface area contributed by atoms with Gasteiger partial charge in [-0.05, 0) is 49.9 Å². The van der Waals surface area contributed by atoms with Crippen LogP contribution in [0.5, 0.6) is 0 Å². The second-order valence-electron chi connectivity index (χ2n) is 6.19. The van der Waals surface area contributed by atoms with Crippen molar-refractivity contribution in [3.63, 3.8) is 0 Å². The summed E-state index contributed by atoms with van der Waals surface area (Å²) in [6.07, 6.45) is 4.22.